The zero-order chi connectivity index (χ0) is 16.3. The molecule has 1 aromatic rings. The smallest absolute Gasteiger partial charge is 0.274 e. The summed E-state index contributed by atoms with van der Waals surface area (Å²) in [5.41, 5.74) is 1.66. The van der Waals surface area contributed by atoms with Crippen molar-refractivity contribution in [1.29, 1.82) is 0 Å². The summed E-state index contributed by atoms with van der Waals surface area (Å²) in [6, 6.07) is 2.12. The van der Waals surface area contributed by atoms with Crippen LogP contribution < -0.4 is 0 Å². The molecule has 2 aliphatic rings. The van der Waals surface area contributed by atoms with E-state index < -0.39 is 0 Å². The molecule has 2 heterocycles. The van der Waals surface area contributed by atoms with E-state index in [1.54, 1.807) is 0 Å². The van der Waals surface area contributed by atoms with Gasteiger partial charge in [0, 0.05) is 30.2 Å². The number of hydrogen-bond donors (Lipinski definition) is 1. The zero-order valence-electron chi connectivity index (χ0n) is 14.3. The van der Waals surface area contributed by atoms with Crippen molar-refractivity contribution in [3.8, 4) is 0 Å². The van der Waals surface area contributed by atoms with Gasteiger partial charge in [-0.15, -0.1) is 0 Å². The number of carbonyl (C=O) groups excluding carboxylic acids is 1. The van der Waals surface area contributed by atoms with Gasteiger partial charge >= 0.3 is 0 Å². The van der Waals surface area contributed by atoms with E-state index in [-0.39, 0.29) is 29.4 Å². The summed E-state index contributed by atoms with van der Waals surface area (Å²) in [5.74, 6) is 0.391. The zero-order valence-corrected chi connectivity index (χ0v) is 14.3. The van der Waals surface area contributed by atoms with Crippen molar-refractivity contribution < 1.29 is 9.90 Å². The summed E-state index contributed by atoms with van der Waals surface area (Å²) < 4.78 is 1.89. The van der Waals surface area contributed by atoms with E-state index in [1.807, 2.05) is 22.6 Å². The monoisotopic (exact) mass is 305 g/mol. The minimum atomic E-state index is -0.0885. The van der Waals surface area contributed by atoms with Gasteiger partial charge in [0.1, 0.15) is 0 Å². The lowest BCUT2D eigenvalue weighted by molar-refractivity contribution is -0.0977. The minimum absolute atomic E-state index is 0.000486. The lowest BCUT2D eigenvalue weighted by Crippen LogP contribution is -2.54. The third kappa shape index (κ3) is 2.09. The fourth-order valence-corrected chi connectivity index (χ4v) is 4.77. The first-order chi connectivity index (χ1) is 10.2. The Kier molecular flexibility index (Phi) is 3.40. The Morgan fingerprint density at radius 1 is 1.50 bits per heavy atom. The van der Waals surface area contributed by atoms with Crippen molar-refractivity contribution in [3.63, 3.8) is 0 Å². The molecule has 1 saturated carbocycles. The Morgan fingerprint density at radius 3 is 2.64 bits per heavy atom. The lowest BCUT2D eigenvalue weighted by atomic mass is 9.48. The molecule has 0 spiro atoms. The van der Waals surface area contributed by atoms with Crippen LogP contribution in [0.4, 0.5) is 0 Å². The second kappa shape index (κ2) is 4.82. The van der Waals surface area contributed by atoms with Gasteiger partial charge in [0.2, 0.25) is 0 Å². The standard InChI is InChI=1S/C17H27N3O2/c1-11(2)20-12(3)6-13(18-20)15(22)19-7-14-16(4,5)8-17(14,9-19)10-21/h6,11,14,21H,7-10H2,1-5H3/t14-,17-/m1/s1. The van der Waals surface area contributed by atoms with Gasteiger partial charge in [0.25, 0.3) is 5.91 Å². The van der Waals surface area contributed by atoms with Crippen LogP contribution in [-0.4, -0.2) is 45.4 Å². The molecule has 2 fully saturated rings. The maximum Gasteiger partial charge on any atom is 0.274 e. The summed E-state index contributed by atoms with van der Waals surface area (Å²) in [4.78, 5) is 14.7. The van der Waals surface area contributed by atoms with E-state index >= 15 is 0 Å². The van der Waals surface area contributed by atoms with Gasteiger partial charge in [0.15, 0.2) is 5.69 Å². The van der Waals surface area contributed by atoms with Gasteiger partial charge in [-0.3, -0.25) is 9.48 Å². The second-order valence-electron chi connectivity index (χ2n) is 8.13. The molecule has 3 rings (SSSR count). The Hall–Kier alpha value is -1.36. The molecule has 1 amide bonds. The molecule has 1 N–H and O–H groups in total. The van der Waals surface area contributed by atoms with Crippen LogP contribution in [0.2, 0.25) is 0 Å². The van der Waals surface area contributed by atoms with E-state index in [0.717, 1.165) is 18.7 Å². The molecule has 5 heteroatoms. The highest BCUT2D eigenvalue weighted by Gasteiger charge is 2.63. The van der Waals surface area contributed by atoms with Crippen LogP contribution in [0.1, 0.15) is 56.3 Å². The van der Waals surface area contributed by atoms with Crippen molar-refractivity contribution in [2.75, 3.05) is 19.7 Å². The van der Waals surface area contributed by atoms with Crippen LogP contribution in [0, 0.1) is 23.7 Å². The number of carbonyl (C=O) groups is 1. The van der Waals surface area contributed by atoms with Crippen LogP contribution in [0.15, 0.2) is 6.07 Å². The number of aromatic nitrogens is 2. The highest BCUT2D eigenvalue weighted by molar-refractivity contribution is 5.92. The minimum Gasteiger partial charge on any atom is -0.396 e. The van der Waals surface area contributed by atoms with Gasteiger partial charge in [-0.05, 0) is 44.6 Å². The summed E-state index contributed by atoms with van der Waals surface area (Å²) in [6.07, 6.45) is 0.990. The molecule has 0 unspecified atom stereocenters. The van der Waals surface area contributed by atoms with Crippen LogP contribution in [-0.2, 0) is 0 Å². The summed E-state index contributed by atoms with van der Waals surface area (Å²) >= 11 is 0. The summed E-state index contributed by atoms with van der Waals surface area (Å²) in [5, 5.41) is 14.3. The molecule has 1 aliphatic carbocycles. The maximum atomic E-state index is 12.8. The number of nitrogens with zero attached hydrogens (tertiary/aromatic N) is 3. The fourth-order valence-electron chi connectivity index (χ4n) is 4.77. The number of rotatable bonds is 3. The number of likely N-dealkylation sites (tertiary alicyclic amines) is 1. The predicted octanol–water partition coefficient (Wildman–Crippen LogP) is 2.25. The maximum absolute atomic E-state index is 12.8. The van der Waals surface area contributed by atoms with Crippen molar-refractivity contribution >= 4 is 5.91 Å². The highest BCUT2D eigenvalue weighted by atomic mass is 16.3. The van der Waals surface area contributed by atoms with Gasteiger partial charge < -0.3 is 10.0 Å². The number of aliphatic hydroxyl groups is 1. The third-order valence-electron chi connectivity index (χ3n) is 5.63. The van der Waals surface area contributed by atoms with Gasteiger partial charge in [-0.2, -0.15) is 5.10 Å². The predicted molar refractivity (Wildman–Crippen MR) is 84.7 cm³/mol. The first-order valence-electron chi connectivity index (χ1n) is 8.16. The van der Waals surface area contributed by atoms with Crippen LogP contribution in [0.5, 0.6) is 0 Å². The number of aliphatic hydroxyl groups excluding tert-OH is 1. The first-order valence-corrected chi connectivity index (χ1v) is 8.16. The molecule has 122 valence electrons. The Morgan fingerprint density at radius 2 is 2.18 bits per heavy atom. The van der Waals surface area contributed by atoms with Crippen LogP contribution in [0.3, 0.4) is 0 Å². The second-order valence-corrected chi connectivity index (χ2v) is 8.13. The molecule has 0 radical (unpaired) electrons. The van der Waals surface area contributed by atoms with E-state index in [0.29, 0.717) is 18.2 Å². The number of hydrogen-bond acceptors (Lipinski definition) is 3. The Labute approximate surface area is 132 Å². The van der Waals surface area contributed by atoms with Crippen molar-refractivity contribution in [2.24, 2.45) is 16.7 Å². The van der Waals surface area contributed by atoms with Crippen molar-refractivity contribution in [1.82, 2.24) is 14.7 Å². The molecule has 1 aliphatic heterocycles. The third-order valence-corrected chi connectivity index (χ3v) is 5.63. The van der Waals surface area contributed by atoms with Gasteiger partial charge in [-0.1, -0.05) is 13.8 Å². The average Bonchev–Trinajstić information content (AvgIpc) is 2.97. The summed E-state index contributed by atoms with van der Waals surface area (Å²) in [7, 11) is 0. The molecule has 5 nitrogen and oxygen atoms in total. The topological polar surface area (TPSA) is 58.4 Å². The van der Waals surface area contributed by atoms with E-state index in [1.165, 1.54) is 0 Å². The van der Waals surface area contributed by atoms with Crippen molar-refractivity contribution in [3.05, 3.63) is 17.5 Å². The van der Waals surface area contributed by atoms with E-state index in [9.17, 15) is 9.90 Å². The van der Waals surface area contributed by atoms with Gasteiger partial charge in [-0.25, -0.2) is 0 Å². The molecule has 1 saturated heterocycles. The average molecular weight is 305 g/mol. The largest absolute Gasteiger partial charge is 0.396 e. The summed E-state index contributed by atoms with van der Waals surface area (Å²) in [6.45, 7) is 12.1. The first kappa shape index (κ1) is 15.5. The molecule has 2 atom stereocenters. The van der Waals surface area contributed by atoms with E-state index in [4.69, 9.17) is 0 Å². The van der Waals surface area contributed by atoms with Gasteiger partial charge in [0.05, 0.1) is 6.61 Å². The number of amides is 1. The number of fused-ring (bicyclic) bond motifs is 1. The molecule has 22 heavy (non-hydrogen) atoms. The molecule has 0 bridgehead atoms. The molecular formula is C17H27N3O2. The quantitative estimate of drug-likeness (QED) is 0.932. The normalized spacial score (nSPS) is 29.6. The molecule has 1 aromatic heterocycles. The van der Waals surface area contributed by atoms with E-state index in [2.05, 4.69) is 32.8 Å². The number of aryl methyl sites for hydroxylation is 1. The Bertz CT molecular complexity index is 605. The Balaban J connectivity index is 1.81. The van der Waals surface area contributed by atoms with Crippen molar-refractivity contribution in [2.45, 2.75) is 47.1 Å². The SMILES string of the molecule is Cc1cc(C(=O)N2C[C@@H]3C(C)(C)C[C@]3(CO)C2)nn1C(C)C. The fraction of sp³-hybridized carbons (Fsp3) is 0.765. The lowest BCUT2D eigenvalue weighted by Gasteiger charge is -2.55. The highest BCUT2D eigenvalue weighted by Crippen LogP contribution is 2.62. The van der Waals surface area contributed by atoms with Crippen LogP contribution >= 0.6 is 0 Å². The van der Waals surface area contributed by atoms with Crippen LogP contribution in [0.25, 0.3) is 0 Å². The molecule has 0 aromatic carbocycles. The molecular weight excluding hydrogens is 278 g/mol.